The maximum absolute atomic E-state index is 11.9. The van der Waals surface area contributed by atoms with Gasteiger partial charge in [0.25, 0.3) is 0 Å². The van der Waals surface area contributed by atoms with E-state index in [1.807, 2.05) is 26.0 Å². The molecule has 4 nitrogen and oxygen atoms in total. The third kappa shape index (κ3) is 3.77. The maximum atomic E-state index is 11.9. The van der Waals surface area contributed by atoms with Crippen molar-refractivity contribution in [3.8, 4) is 0 Å². The van der Waals surface area contributed by atoms with Crippen molar-refractivity contribution in [3.63, 3.8) is 0 Å². The summed E-state index contributed by atoms with van der Waals surface area (Å²) in [5.41, 5.74) is 0.551. The van der Waals surface area contributed by atoms with Gasteiger partial charge in [0.15, 0.2) is 0 Å². The topological polar surface area (TPSA) is 54.3 Å². The van der Waals surface area contributed by atoms with Crippen LogP contribution in [0.2, 0.25) is 5.02 Å². The van der Waals surface area contributed by atoms with E-state index in [1.165, 1.54) is 0 Å². The number of rotatable bonds is 3. The standard InChI is InChI=1S/C14H14BrClN2O2/c1-8-3-6-13(20-8)9(2)17-14(19)18-12-5-4-10(15)7-11(12)16/h3-7,9H,1-2H3,(H2,17,18,19). The van der Waals surface area contributed by atoms with Gasteiger partial charge < -0.3 is 15.1 Å². The van der Waals surface area contributed by atoms with Crippen molar-refractivity contribution in [1.29, 1.82) is 0 Å². The second-order valence-corrected chi connectivity index (χ2v) is 5.72. The first-order chi connectivity index (χ1) is 9.45. The van der Waals surface area contributed by atoms with Gasteiger partial charge in [-0.15, -0.1) is 0 Å². The Bertz CT molecular complexity index is 627. The molecule has 2 N–H and O–H groups in total. The first-order valence-corrected chi connectivity index (χ1v) is 7.21. The molecule has 0 saturated carbocycles. The number of furan rings is 1. The summed E-state index contributed by atoms with van der Waals surface area (Å²) in [6.45, 7) is 3.71. The van der Waals surface area contributed by atoms with Crippen LogP contribution < -0.4 is 10.6 Å². The van der Waals surface area contributed by atoms with Crippen LogP contribution in [0.5, 0.6) is 0 Å². The van der Waals surface area contributed by atoms with Crippen molar-refractivity contribution in [2.24, 2.45) is 0 Å². The molecule has 1 atom stereocenters. The van der Waals surface area contributed by atoms with Crippen LogP contribution in [0.3, 0.4) is 0 Å². The predicted octanol–water partition coefficient (Wildman–Crippen LogP) is 4.89. The monoisotopic (exact) mass is 356 g/mol. The normalized spacial score (nSPS) is 12.0. The zero-order chi connectivity index (χ0) is 14.7. The smallest absolute Gasteiger partial charge is 0.319 e. The van der Waals surface area contributed by atoms with Crippen molar-refractivity contribution >= 4 is 39.2 Å². The second kappa shape index (κ2) is 6.33. The second-order valence-electron chi connectivity index (χ2n) is 4.39. The van der Waals surface area contributed by atoms with Gasteiger partial charge in [-0.1, -0.05) is 27.5 Å². The van der Waals surface area contributed by atoms with E-state index in [-0.39, 0.29) is 12.1 Å². The molecule has 0 spiro atoms. The van der Waals surface area contributed by atoms with Gasteiger partial charge in [-0.25, -0.2) is 4.79 Å². The average molecular weight is 358 g/mol. The fraction of sp³-hybridized carbons (Fsp3) is 0.214. The number of anilines is 1. The minimum Gasteiger partial charge on any atom is -0.464 e. The van der Waals surface area contributed by atoms with Crippen molar-refractivity contribution in [1.82, 2.24) is 5.32 Å². The molecule has 0 radical (unpaired) electrons. The number of aryl methyl sites for hydroxylation is 1. The maximum Gasteiger partial charge on any atom is 0.319 e. The van der Waals surface area contributed by atoms with Crippen LogP contribution >= 0.6 is 27.5 Å². The molecule has 1 aromatic carbocycles. The van der Waals surface area contributed by atoms with Crippen molar-refractivity contribution < 1.29 is 9.21 Å². The molecular formula is C14H14BrClN2O2. The number of hydrogen-bond donors (Lipinski definition) is 2. The predicted molar refractivity (Wildman–Crippen MR) is 83.2 cm³/mol. The summed E-state index contributed by atoms with van der Waals surface area (Å²) in [6, 6.07) is 8.39. The van der Waals surface area contributed by atoms with Gasteiger partial charge in [-0.05, 0) is 44.2 Å². The molecule has 2 aromatic rings. The summed E-state index contributed by atoms with van der Waals surface area (Å²) < 4.78 is 6.32. The van der Waals surface area contributed by atoms with Gasteiger partial charge in [0.2, 0.25) is 0 Å². The van der Waals surface area contributed by atoms with E-state index < -0.39 is 0 Å². The summed E-state index contributed by atoms with van der Waals surface area (Å²) >= 11 is 9.35. The lowest BCUT2D eigenvalue weighted by Gasteiger charge is -2.13. The molecule has 0 aliphatic heterocycles. The van der Waals surface area contributed by atoms with E-state index >= 15 is 0 Å². The van der Waals surface area contributed by atoms with Crippen LogP contribution in [-0.4, -0.2) is 6.03 Å². The fourth-order valence-corrected chi connectivity index (χ4v) is 2.42. The van der Waals surface area contributed by atoms with E-state index in [9.17, 15) is 4.79 Å². The highest BCUT2D eigenvalue weighted by atomic mass is 79.9. The Balaban J connectivity index is 1.98. The van der Waals surface area contributed by atoms with Crippen molar-refractivity contribution in [2.45, 2.75) is 19.9 Å². The minimum atomic E-state index is -0.337. The molecule has 2 rings (SSSR count). The van der Waals surface area contributed by atoms with Crippen molar-refractivity contribution in [2.75, 3.05) is 5.32 Å². The molecule has 0 aliphatic rings. The Kier molecular flexibility index (Phi) is 4.73. The zero-order valence-electron chi connectivity index (χ0n) is 11.0. The SMILES string of the molecule is Cc1ccc(C(C)NC(=O)Nc2ccc(Br)cc2Cl)o1. The van der Waals surface area contributed by atoms with Gasteiger partial charge in [-0.3, -0.25) is 0 Å². The zero-order valence-corrected chi connectivity index (χ0v) is 13.4. The summed E-state index contributed by atoms with van der Waals surface area (Å²) in [6.07, 6.45) is 0. The lowest BCUT2D eigenvalue weighted by Crippen LogP contribution is -2.31. The molecule has 20 heavy (non-hydrogen) atoms. The number of benzene rings is 1. The molecule has 0 saturated heterocycles. The van der Waals surface area contributed by atoms with E-state index in [4.69, 9.17) is 16.0 Å². The molecule has 1 aromatic heterocycles. The summed E-state index contributed by atoms with van der Waals surface area (Å²) in [7, 11) is 0. The number of hydrogen-bond acceptors (Lipinski definition) is 2. The van der Waals surface area contributed by atoms with Gasteiger partial charge in [0.05, 0.1) is 16.8 Å². The Morgan fingerprint density at radius 1 is 1.35 bits per heavy atom. The van der Waals surface area contributed by atoms with Crippen LogP contribution in [0.25, 0.3) is 0 Å². The molecule has 2 amide bonds. The molecule has 6 heteroatoms. The van der Waals surface area contributed by atoms with E-state index in [0.29, 0.717) is 16.5 Å². The van der Waals surface area contributed by atoms with E-state index in [1.54, 1.807) is 18.2 Å². The van der Waals surface area contributed by atoms with Crippen LogP contribution in [0.4, 0.5) is 10.5 Å². The van der Waals surface area contributed by atoms with Crippen LogP contribution in [0.15, 0.2) is 39.2 Å². The van der Waals surface area contributed by atoms with Crippen LogP contribution in [0.1, 0.15) is 24.5 Å². The molecule has 1 unspecified atom stereocenters. The van der Waals surface area contributed by atoms with Crippen LogP contribution in [0, 0.1) is 6.92 Å². The third-order valence-electron chi connectivity index (χ3n) is 2.71. The minimum absolute atomic E-state index is 0.224. The van der Waals surface area contributed by atoms with Gasteiger partial charge in [-0.2, -0.15) is 0 Å². The molecule has 0 bridgehead atoms. The Hall–Kier alpha value is -1.46. The first kappa shape index (κ1) is 14.9. The summed E-state index contributed by atoms with van der Waals surface area (Å²) in [5, 5.41) is 5.95. The largest absolute Gasteiger partial charge is 0.464 e. The van der Waals surface area contributed by atoms with Gasteiger partial charge in [0, 0.05) is 4.47 Å². The third-order valence-corrected chi connectivity index (χ3v) is 3.52. The number of carbonyl (C=O) groups is 1. The lowest BCUT2D eigenvalue weighted by molar-refractivity contribution is 0.247. The Labute approximate surface area is 130 Å². The number of carbonyl (C=O) groups excluding carboxylic acids is 1. The molecule has 0 fully saturated rings. The van der Waals surface area contributed by atoms with Gasteiger partial charge >= 0.3 is 6.03 Å². The first-order valence-electron chi connectivity index (χ1n) is 6.04. The fourth-order valence-electron chi connectivity index (χ4n) is 1.70. The number of halogens is 2. The molecule has 106 valence electrons. The lowest BCUT2D eigenvalue weighted by atomic mass is 10.2. The highest BCUT2D eigenvalue weighted by Crippen LogP contribution is 2.25. The average Bonchev–Trinajstić information content (AvgIpc) is 2.79. The van der Waals surface area contributed by atoms with Gasteiger partial charge in [0.1, 0.15) is 11.5 Å². The number of nitrogens with one attached hydrogen (secondary N) is 2. The quantitative estimate of drug-likeness (QED) is 0.822. The van der Waals surface area contributed by atoms with E-state index in [2.05, 4.69) is 26.6 Å². The molecular weight excluding hydrogens is 344 g/mol. The summed E-state index contributed by atoms with van der Waals surface area (Å²) in [5.74, 6) is 1.52. The highest BCUT2D eigenvalue weighted by Gasteiger charge is 2.13. The molecule has 0 aliphatic carbocycles. The Morgan fingerprint density at radius 2 is 2.10 bits per heavy atom. The number of amides is 2. The number of urea groups is 1. The Morgan fingerprint density at radius 3 is 2.70 bits per heavy atom. The summed E-state index contributed by atoms with van der Waals surface area (Å²) in [4.78, 5) is 11.9. The highest BCUT2D eigenvalue weighted by molar-refractivity contribution is 9.10. The molecule has 1 heterocycles. The van der Waals surface area contributed by atoms with Crippen LogP contribution in [-0.2, 0) is 0 Å². The van der Waals surface area contributed by atoms with Crippen molar-refractivity contribution in [3.05, 3.63) is 51.3 Å². The van der Waals surface area contributed by atoms with E-state index in [0.717, 1.165) is 10.2 Å².